The molecular formula is C17H18FNO. The van der Waals surface area contributed by atoms with Crippen molar-refractivity contribution in [1.82, 2.24) is 0 Å². The van der Waals surface area contributed by atoms with Crippen LogP contribution in [0.5, 0.6) is 5.75 Å². The van der Waals surface area contributed by atoms with Crippen LogP contribution in [0.15, 0.2) is 48.5 Å². The topological polar surface area (TPSA) is 35.2 Å². The first kappa shape index (κ1) is 13.1. The van der Waals surface area contributed by atoms with Crippen molar-refractivity contribution in [1.29, 1.82) is 0 Å². The van der Waals surface area contributed by atoms with Gasteiger partial charge in [0.25, 0.3) is 0 Å². The van der Waals surface area contributed by atoms with Crippen LogP contribution < -0.4 is 10.5 Å². The molecule has 1 aliphatic heterocycles. The summed E-state index contributed by atoms with van der Waals surface area (Å²) < 4.78 is 19.2. The molecule has 0 bridgehead atoms. The summed E-state index contributed by atoms with van der Waals surface area (Å²) in [5.41, 5.74) is 8.21. The number of ether oxygens (including phenoxy) is 1. The average molecular weight is 271 g/mol. The molecule has 20 heavy (non-hydrogen) atoms. The Kier molecular flexibility index (Phi) is 3.70. The summed E-state index contributed by atoms with van der Waals surface area (Å²) >= 11 is 0. The molecule has 104 valence electrons. The fourth-order valence-electron chi connectivity index (χ4n) is 2.70. The lowest BCUT2D eigenvalue weighted by Crippen LogP contribution is -2.30. The van der Waals surface area contributed by atoms with Crippen molar-refractivity contribution in [2.45, 2.75) is 31.4 Å². The summed E-state index contributed by atoms with van der Waals surface area (Å²) in [6.07, 6.45) is 2.73. The molecule has 1 heterocycles. The molecule has 3 heteroatoms. The predicted octanol–water partition coefficient (Wildman–Crippen LogP) is 3.61. The second-order valence-electron chi connectivity index (χ2n) is 5.29. The molecule has 2 atom stereocenters. The van der Waals surface area contributed by atoms with Crippen LogP contribution in [-0.2, 0) is 6.42 Å². The largest absolute Gasteiger partial charge is 0.490 e. The van der Waals surface area contributed by atoms with Gasteiger partial charge in [-0.3, -0.25) is 0 Å². The second kappa shape index (κ2) is 5.63. The summed E-state index contributed by atoms with van der Waals surface area (Å²) in [5.74, 6) is 0.466. The maximum absolute atomic E-state index is 13.2. The molecule has 0 amide bonds. The molecule has 3 rings (SSSR count). The summed E-state index contributed by atoms with van der Waals surface area (Å²) in [6.45, 7) is 0. The summed E-state index contributed by atoms with van der Waals surface area (Å²) in [7, 11) is 0. The van der Waals surface area contributed by atoms with Gasteiger partial charge in [-0.2, -0.15) is 0 Å². The van der Waals surface area contributed by atoms with Gasteiger partial charge in [-0.05, 0) is 36.6 Å². The molecule has 1 unspecified atom stereocenters. The fraction of sp³-hybridized carbons (Fsp3) is 0.294. The van der Waals surface area contributed by atoms with Gasteiger partial charge in [-0.1, -0.05) is 30.3 Å². The Morgan fingerprint density at radius 1 is 1.15 bits per heavy atom. The van der Waals surface area contributed by atoms with E-state index in [4.69, 9.17) is 10.5 Å². The van der Waals surface area contributed by atoms with Crippen LogP contribution in [0, 0.1) is 5.82 Å². The quantitative estimate of drug-likeness (QED) is 0.925. The van der Waals surface area contributed by atoms with Crippen molar-refractivity contribution in [3.8, 4) is 5.75 Å². The average Bonchev–Trinajstić information content (AvgIpc) is 2.47. The third-order valence-corrected chi connectivity index (χ3v) is 3.78. The molecule has 0 fully saturated rings. The summed E-state index contributed by atoms with van der Waals surface area (Å²) in [5, 5.41) is 0. The van der Waals surface area contributed by atoms with Crippen LogP contribution in [-0.4, -0.2) is 6.10 Å². The standard InChI is InChI=1S/C17H18FNO/c18-13-7-9-17-15(10-13)16(19)11-14(20-17)8-6-12-4-2-1-3-5-12/h1-5,7,9-10,14,16H,6,8,11,19H2/t14?,16-/m0/s1. The number of hydrogen-bond acceptors (Lipinski definition) is 2. The minimum atomic E-state index is -0.259. The van der Waals surface area contributed by atoms with Gasteiger partial charge in [-0.15, -0.1) is 0 Å². The lowest BCUT2D eigenvalue weighted by Gasteiger charge is -2.30. The molecule has 2 aromatic rings. The van der Waals surface area contributed by atoms with Crippen LogP contribution in [0.1, 0.15) is 30.0 Å². The number of benzene rings is 2. The molecule has 0 radical (unpaired) electrons. The molecule has 0 aliphatic carbocycles. The molecule has 2 N–H and O–H groups in total. The Morgan fingerprint density at radius 3 is 2.75 bits per heavy atom. The zero-order valence-corrected chi connectivity index (χ0v) is 11.3. The van der Waals surface area contributed by atoms with E-state index in [1.807, 2.05) is 18.2 Å². The molecule has 0 aromatic heterocycles. The first-order valence-corrected chi connectivity index (χ1v) is 6.98. The van der Waals surface area contributed by atoms with Crippen molar-refractivity contribution < 1.29 is 9.13 Å². The first-order chi connectivity index (χ1) is 9.72. The lowest BCUT2D eigenvalue weighted by molar-refractivity contribution is 0.150. The van der Waals surface area contributed by atoms with Crippen LogP contribution >= 0.6 is 0 Å². The number of rotatable bonds is 3. The summed E-state index contributed by atoms with van der Waals surface area (Å²) in [4.78, 5) is 0. The predicted molar refractivity (Wildman–Crippen MR) is 77.1 cm³/mol. The zero-order valence-electron chi connectivity index (χ0n) is 11.3. The van der Waals surface area contributed by atoms with Crippen molar-refractivity contribution in [3.05, 3.63) is 65.5 Å². The molecule has 2 aromatic carbocycles. The zero-order chi connectivity index (χ0) is 13.9. The maximum atomic E-state index is 13.2. The highest BCUT2D eigenvalue weighted by Gasteiger charge is 2.25. The number of hydrogen-bond donors (Lipinski definition) is 1. The van der Waals surface area contributed by atoms with Crippen LogP contribution in [0.25, 0.3) is 0 Å². The van der Waals surface area contributed by atoms with Gasteiger partial charge in [0.2, 0.25) is 0 Å². The van der Waals surface area contributed by atoms with E-state index in [0.29, 0.717) is 0 Å². The highest BCUT2D eigenvalue weighted by atomic mass is 19.1. The Hall–Kier alpha value is -1.87. The third-order valence-electron chi connectivity index (χ3n) is 3.78. The van der Waals surface area contributed by atoms with Gasteiger partial charge < -0.3 is 10.5 Å². The fourth-order valence-corrected chi connectivity index (χ4v) is 2.70. The lowest BCUT2D eigenvalue weighted by atomic mass is 9.94. The summed E-state index contributed by atoms with van der Waals surface area (Å²) in [6, 6.07) is 14.8. The van der Waals surface area contributed by atoms with E-state index in [0.717, 1.165) is 30.6 Å². The first-order valence-electron chi connectivity index (χ1n) is 6.98. The van der Waals surface area contributed by atoms with Gasteiger partial charge in [-0.25, -0.2) is 4.39 Å². The van der Waals surface area contributed by atoms with Crippen molar-refractivity contribution in [3.63, 3.8) is 0 Å². The number of fused-ring (bicyclic) bond motifs is 1. The van der Waals surface area contributed by atoms with Crippen LogP contribution in [0.2, 0.25) is 0 Å². The minimum Gasteiger partial charge on any atom is -0.490 e. The van der Waals surface area contributed by atoms with Gasteiger partial charge >= 0.3 is 0 Å². The normalized spacial score (nSPS) is 21.1. The Morgan fingerprint density at radius 2 is 1.95 bits per heavy atom. The van der Waals surface area contributed by atoms with Gasteiger partial charge in [0.1, 0.15) is 17.7 Å². The van der Waals surface area contributed by atoms with E-state index >= 15 is 0 Å². The monoisotopic (exact) mass is 271 g/mol. The maximum Gasteiger partial charge on any atom is 0.124 e. The molecule has 1 aliphatic rings. The molecule has 0 saturated carbocycles. The highest BCUT2D eigenvalue weighted by Crippen LogP contribution is 2.35. The van der Waals surface area contributed by atoms with E-state index in [-0.39, 0.29) is 18.0 Å². The van der Waals surface area contributed by atoms with E-state index in [9.17, 15) is 4.39 Å². The highest BCUT2D eigenvalue weighted by molar-refractivity contribution is 5.38. The van der Waals surface area contributed by atoms with Gasteiger partial charge in [0.05, 0.1) is 0 Å². The number of aryl methyl sites for hydroxylation is 1. The third kappa shape index (κ3) is 2.83. The van der Waals surface area contributed by atoms with E-state index < -0.39 is 0 Å². The van der Waals surface area contributed by atoms with E-state index in [2.05, 4.69) is 12.1 Å². The van der Waals surface area contributed by atoms with Crippen LogP contribution in [0.4, 0.5) is 4.39 Å². The smallest absolute Gasteiger partial charge is 0.124 e. The number of nitrogens with two attached hydrogens (primary N) is 1. The van der Waals surface area contributed by atoms with Crippen molar-refractivity contribution >= 4 is 0 Å². The second-order valence-corrected chi connectivity index (χ2v) is 5.29. The van der Waals surface area contributed by atoms with Gasteiger partial charge in [0, 0.05) is 18.0 Å². The molecular weight excluding hydrogens is 253 g/mol. The molecule has 2 nitrogen and oxygen atoms in total. The van der Waals surface area contributed by atoms with Crippen molar-refractivity contribution in [2.75, 3.05) is 0 Å². The molecule has 0 saturated heterocycles. The Balaban J connectivity index is 1.67. The van der Waals surface area contributed by atoms with Crippen molar-refractivity contribution in [2.24, 2.45) is 5.73 Å². The van der Waals surface area contributed by atoms with Crippen LogP contribution in [0.3, 0.4) is 0 Å². The number of halogens is 1. The SMILES string of the molecule is N[C@H]1CC(CCc2ccccc2)Oc2ccc(F)cc21. The molecule has 0 spiro atoms. The van der Waals surface area contributed by atoms with E-state index in [1.165, 1.54) is 17.7 Å². The van der Waals surface area contributed by atoms with Gasteiger partial charge in [0.15, 0.2) is 0 Å². The van der Waals surface area contributed by atoms with E-state index in [1.54, 1.807) is 6.07 Å². The minimum absolute atomic E-state index is 0.100. The Bertz CT molecular complexity index is 585. The Labute approximate surface area is 118 Å².